The second kappa shape index (κ2) is 6.34. The highest BCUT2D eigenvalue weighted by Gasteiger charge is 2.31. The Morgan fingerprint density at radius 2 is 2.13 bits per heavy atom. The van der Waals surface area contributed by atoms with E-state index in [2.05, 4.69) is 26.2 Å². The van der Waals surface area contributed by atoms with Gasteiger partial charge in [-0.05, 0) is 50.7 Å². The van der Waals surface area contributed by atoms with E-state index < -0.39 is 26.4 Å². The molecule has 1 atom stereocenters. The first-order chi connectivity index (χ1) is 7.02. The van der Waals surface area contributed by atoms with E-state index in [1.165, 1.54) is 31.0 Å². The van der Waals surface area contributed by atoms with Crippen molar-refractivity contribution in [1.82, 2.24) is 0 Å². The van der Waals surface area contributed by atoms with E-state index in [0.29, 0.717) is 0 Å². The van der Waals surface area contributed by atoms with Crippen molar-refractivity contribution in [3.63, 3.8) is 0 Å². The summed E-state index contributed by atoms with van der Waals surface area (Å²) in [5, 5.41) is 0. The minimum atomic E-state index is -1.29. The van der Waals surface area contributed by atoms with Crippen LogP contribution in [0.4, 0.5) is 0 Å². The van der Waals surface area contributed by atoms with Crippen molar-refractivity contribution in [2.24, 2.45) is 0 Å². The SMILES string of the molecule is C[Si](CC[Si]1(C)CCCCO1)O[SiH](C)C. The summed E-state index contributed by atoms with van der Waals surface area (Å²) in [6, 6.07) is 4.01. The van der Waals surface area contributed by atoms with Crippen LogP contribution in [0.2, 0.25) is 44.3 Å². The van der Waals surface area contributed by atoms with Crippen LogP contribution in [0.3, 0.4) is 0 Å². The molecule has 1 saturated heterocycles. The summed E-state index contributed by atoms with van der Waals surface area (Å²) in [4.78, 5) is 0. The lowest BCUT2D eigenvalue weighted by molar-refractivity contribution is 0.271. The highest BCUT2D eigenvalue weighted by atomic mass is 28.4. The van der Waals surface area contributed by atoms with Gasteiger partial charge in [-0.25, -0.2) is 0 Å². The second-order valence-corrected chi connectivity index (χ2v) is 14.3. The molecule has 89 valence electrons. The van der Waals surface area contributed by atoms with Crippen LogP contribution in [0, 0.1) is 0 Å². The number of rotatable bonds is 5. The van der Waals surface area contributed by atoms with Crippen LogP contribution in [0.25, 0.3) is 0 Å². The standard InChI is InChI=1S/C10H25O2Si3/c1-13(2)12-14(3)8-10-15(4)9-6-5-7-11-15/h13H,5-10H2,1-4H3. The minimum absolute atomic E-state index is 0.509. The summed E-state index contributed by atoms with van der Waals surface area (Å²) in [5.41, 5.74) is 0. The highest BCUT2D eigenvalue weighted by molar-refractivity contribution is 6.74. The third-order valence-corrected chi connectivity index (χ3v) is 11.6. The Balaban J connectivity index is 2.22. The van der Waals surface area contributed by atoms with Gasteiger partial charge < -0.3 is 8.54 Å². The number of hydrogen-bond acceptors (Lipinski definition) is 2. The van der Waals surface area contributed by atoms with Crippen molar-refractivity contribution in [1.29, 1.82) is 0 Å². The van der Waals surface area contributed by atoms with Crippen LogP contribution in [0.1, 0.15) is 12.8 Å². The zero-order chi connectivity index (χ0) is 11.3. The summed E-state index contributed by atoms with van der Waals surface area (Å²) in [6.45, 7) is 10.3. The van der Waals surface area contributed by atoms with Crippen molar-refractivity contribution >= 4 is 26.4 Å². The molecule has 0 aliphatic carbocycles. The summed E-state index contributed by atoms with van der Waals surface area (Å²) in [5.74, 6) is 0. The molecule has 0 aromatic carbocycles. The molecule has 1 unspecified atom stereocenters. The highest BCUT2D eigenvalue weighted by Crippen LogP contribution is 2.27. The Morgan fingerprint density at radius 3 is 2.67 bits per heavy atom. The molecule has 5 heteroatoms. The van der Waals surface area contributed by atoms with E-state index in [4.69, 9.17) is 8.54 Å². The molecule has 1 rings (SSSR count). The largest absolute Gasteiger partial charge is 0.458 e. The van der Waals surface area contributed by atoms with E-state index in [1.807, 2.05) is 0 Å². The zero-order valence-electron chi connectivity index (χ0n) is 10.6. The first kappa shape index (κ1) is 13.6. The Kier molecular flexibility index (Phi) is 5.76. The molecule has 1 heterocycles. The molecule has 1 aliphatic heterocycles. The van der Waals surface area contributed by atoms with E-state index in [1.54, 1.807) is 0 Å². The predicted molar refractivity (Wildman–Crippen MR) is 72.8 cm³/mol. The third-order valence-electron chi connectivity index (χ3n) is 2.99. The fourth-order valence-corrected chi connectivity index (χ4v) is 11.5. The minimum Gasteiger partial charge on any atom is -0.458 e. The van der Waals surface area contributed by atoms with Gasteiger partial charge in [0.15, 0.2) is 26.4 Å². The summed E-state index contributed by atoms with van der Waals surface area (Å²) >= 11 is 0. The van der Waals surface area contributed by atoms with Crippen molar-refractivity contribution < 1.29 is 8.54 Å². The van der Waals surface area contributed by atoms with Crippen molar-refractivity contribution in [2.45, 2.75) is 57.2 Å². The smallest absolute Gasteiger partial charge is 0.194 e. The van der Waals surface area contributed by atoms with Gasteiger partial charge in [0.05, 0.1) is 0 Å². The Labute approximate surface area is 99.0 Å². The number of hydrogen-bond donors (Lipinski definition) is 0. The molecule has 0 aromatic rings. The molecule has 0 saturated carbocycles. The molecule has 0 bridgehead atoms. The molecule has 15 heavy (non-hydrogen) atoms. The van der Waals surface area contributed by atoms with Crippen molar-refractivity contribution in [3.05, 3.63) is 0 Å². The molecule has 0 amide bonds. The second-order valence-electron chi connectivity index (χ2n) is 5.12. The lowest BCUT2D eigenvalue weighted by atomic mass is 10.4. The zero-order valence-corrected chi connectivity index (χ0v) is 13.8. The van der Waals surface area contributed by atoms with Crippen LogP contribution >= 0.6 is 0 Å². The topological polar surface area (TPSA) is 18.5 Å². The van der Waals surface area contributed by atoms with Crippen molar-refractivity contribution in [2.75, 3.05) is 6.61 Å². The molecule has 2 nitrogen and oxygen atoms in total. The molecule has 1 aliphatic rings. The lowest BCUT2D eigenvalue weighted by Crippen LogP contribution is -2.39. The van der Waals surface area contributed by atoms with Gasteiger partial charge in [0.25, 0.3) is 0 Å². The average Bonchev–Trinajstić information content (AvgIpc) is 2.15. The normalized spacial score (nSPS) is 27.6. The van der Waals surface area contributed by atoms with Gasteiger partial charge in [0, 0.05) is 6.61 Å². The van der Waals surface area contributed by atoms with Gasteiger partial charge in [0.2, 0.25) is 0 Å². The molecule has 0 aromatic heterocycles. The maximum atomic E-state index is 6.03. The van der Waals surface area contributed by atoms with Gasteiger partial charge in [0.1, 0.15) is 0 Å². The van der Waals surface area contributed by atoms with Gasteiger partial charge in [-0.1, -0.05) is 6.42 Å². The fraction of sp³-hybridized carbons (Fsp3) is 1.00. The van der Waals surface area contributed by atoms with Crippen LogP contribution in [-0.2, 0) is 8.54 Å². The Hall–Kier alpha value is 0.571. The predicted octanol–water partition coefficient (Wildman–Crippen LogP) is 2.99. The van der Waals surface area contributed by atoms with Crippen LogP contribution in [0.5, 0.6) is 0 Å². The molecule has 1 fully saturated rings. The van der Waals surface area contributed by atoms with Crippen LogP contribution < -0.4 is 0 Å². The van der Waals surface area contributed by atoms with E-state index in [9.17, 15) is 0 Å². The van der Waals surface area contributed by atoms with Gasteiger partial charge in [-0.2, -0.15) is 0 Å². The Bertz CT molecular complexity index is 182. The molecular weight excluding hydrogens is 236 g/mol. The van der Waals surface area contributed by atoms with Crippen LogP contribution in [-0.4, -0.2) is 33.0 Å². The molecular formula is C10H25O2Si3. The Morgan fingerprint density at radius 1 is 1.40 bits per heavy atom. The first-order valence-electron chi connectivity index (χ1n) is 6.15. The van der Waals surface area contributed by atoms with E-state index in [0.717, 1.165) is 6.61 Å². The lowest BCUT2D eigenvalue weighted by Gasteiger charge is -2.32. The quantitative estimate of drug-likeness (QED) is 0.708. The van der Waals surface area contributed by atoms with E-state index >= 15 is 0 Å². The summed E-state index contributed by atoms with van der Waals surface area (Å²) in [6.07, 6.45) is 2.68. The van der Waals surface area contributed by atoms with Gasteiger partial charge in [-0.3, -0.25) is 0 Å². The first-order valence-corrected chi connectivity index (χ1v) is 13.9. The maximum absolute atomic E-state index is 6.03. The summed E-state index contributed by atoms with van der Waals surface area (Å²) < 4.78 is 12.0. The fourth-order valence-electron chi connectivity index (χ4n) is 2.09. The molecule has 0 spiro atoms. The third kappa shape index (κ3) is 5.44. The van der Waals surface area contributed by atoms with Crippen LogP contribution in [0.15, 0.2) is 0 Å². The van der Waals surface area contributed by atoms with Crippen molar-refractivity contribution in [3.8, 4) is 0 Å². The summed E-state index contributed by atoms with van der Waals surface area (Å²) in [7, 11) is -2.60. The molecule has 0 N–H and O–H groups in total. The molecule has 1 radical (unpaired) electrons. The monoisotopic (exact) mass is 261 g/mol. The van der Waals surface area contributed by atoms with Gasteiger partial charge >= 0.3 is 0 Å². The van der Waals surface area contributed by atoms with Gasteiger partial charge in [-0.15, -0.1) is 0 Å². The van der Waals surface area contributed by atoms with E-state index in [-0.39, 0.29) is 0 Å². The maximum Gasteiger partial charge on any atom is 0.194 e. The average molecular weight is 262 g/mol.